The van der Waals surface area contributed by atoms with Gasteiger partial charge in [0.2, 0.25) is 5.91 Å². The van der Waals surface area contributed by atoms with Crippen LogP contribution in [0.25, 0.3) is 0 Å². The van der Waals surface area contributed by atoms with Crippen LogP contribution in [-0.2, 0) is 4.79 Å². The van der Waals surface area contributed by atoms with E-state index < -0.39 is 0 Å². The first-order valence-electron chi connectivity index (χ1n) is 7.37. The molecule has 0 N–H and O–H groups in total. The zero-order chi connectivity index (χ0) is 16.7. The van der Waals surface area contributed by atoms with Gasteiger partial charge in [-0.3, -0.25) is 9.69 Å². The van der Waals surface area contributed by atoms with E-state index in [9.17, 15) is 4.79 Å². The number of rotatable bonds is 6. The van der Waals surface area contributed by atoms with E-state index in [4.69, 9.17) is 0 Å². The first kappa shape index (κ1) is 27.1. The van der Waals surface area contributed by atoms with Gasteiger partial charge in [0.1, 0.15) is 0 Å². The zero-order valence-corrected chi connectivity index (χ0v) is 16.8. The fourth-order valence-corrected chi connectivity index (χ4v) is 2.33. The third-order valence-electron chi connectivity index (χ3n) is 3.59. The van der Waals surface area contributed by atoms with Crippen LogP contribution >= 0.6 is 0 Å². The number of halogens is 2. The second kappa shape index (κ2) is 11.7. The normalized spacial score (nSPS) is 16.4. The van der Waals surface area contributed by atoms with Crippen molar-refractivity contribution in [1.29, 1.82) is 0 Å². The molecule has 0 aromatic carbocycles. The maximum Gasteiger partial charge on any atom is 0.250 e. The molecule has 1 saturated heterocycles. The summed E-state index contributed by atoms with van der Waals surface area (Å²) in [5.41, 5.74) is 0. The Morgan fingerprint density at radius 1 is 1.04 bits per heavy atom. The zero-order valence-electron chi connectivity index (χ0n) is 15.3. The van der Waals surface area contributed by atoms with Gasteiger partial charge in [-0.25, -0.2) is 0 Å². The smallest absolute Gasteiger partial charge is 0.250 e. The SMILES string of the molecule is C=CC(=O)N1CCC1[N+](C)(C)C.C=CC[N+](C)(C)CC=C.[Cl-].[Cl-]. The summed E-state index contributed by atoms with van der Waals surface area (Å²) in [5, 5.41) is 0. The lowest BCUT2D eigenvalue weighted by atomic mass is 10.1. The minimum Gasteiger partial charge on any atom is -1.00 e. The van der Waals surface area contributed by atoms with Crippen molar-refractivity contribution in [3.63, 3.8) is 0 Å². The van der Waals surface area contributed by atoms with Gasteiger partial charge in [-0.2, -0.15) is 0 Å². The average molecular weight is 366 g/mol. The first-order valence-corrected chi connectivity index (χ1v) is 7.37. The van der Waals surface area contributed by atoms with Crippen molar-refractivity contribution in [3.05, 3.63) is 38.0 Å². The summed E-state index contributed by atoms with van der Waals surface area (Å²) >= 11 is 0. The topological polar surface area (TPSA) is 20.3 Å². The molecule has 0 aliphatic carbocycles. The Morgan fingerprint density at radius 3 is 1.70 bits per heavy atom. The van der Waals surface area contributed by atoms with E-state index in [0.717, 1.165) is 35.0 Å². The molecule has 1 unspecified atom stereocenters. The van der Waals surface area contributed by atoms with Crippen LogP contribution in [-0.4, -0.2) is 80.8 Å². The Morgan fingerprint density at radius 2 is 1.48 bits per heavy atom. The van der Waals surface area contributed by atoms with E-state index in [1.54, 1.807) is 0 Å². The summed E-state index contributed by atoms with van der Waals surface area (Å²) < 4.78 is 1.77. The van der Waals surface area contributed by atoms with Crippen molar-refractivity contribution in [2.24, 2.45) is 0 Å². The number of carbonyl (C=O) groups excluding carboxylic acids is 1. The monoisotopic (exact) mass is 365 g/mol. The van der Waals surface area contributed by atoms with Crippen molar-refractivity contribution in [3.8, 4) is 0 Å². The molecule has 1 fully saturated rings. The van der Waals surface area contributed by atoms with E-state index in [1.165, 1.54) is 6.08 Å². The fourth-order valence-electron chi connectivity index (χ4n) is 2.33. The van der Waals surface area contributed by atoms with Gasteiger partial charge < -0.3 is 33.8 Å². The number of nitrogens with zero attached hydrogens (tertiary/aromatic N) is 3. The molecule has 0 spiro atoms. The summed E-state index contributed by atoms with van der Waals surface area (Å²) in [6.45, 7) is 13.7. The molecule has 0 bridgehead atoms. The van der Waals surface area contributed by atoms with Gasteiger partial charge in [0.15, 0.2) is 6.17 Å². The number of carbonyl (C=O) groups is 1. The van der Waals surface area contributed by atoms with Crippen LogP contribution in [0.4, 0.5) is 0 Å². The molecule has 23 heavy (non-hydrogen) atoms. The molecule has 0 saturated carbocycles. The second-order valence-electron chi connectivity index (χ2n) is 7.00. The van der Waals surface area contributed by atoms with Crippen molar-refractivity contribution in [2.45, 2.75) is 12.6 Å². The molecule has 0 aromatic rings. The molecule has 1 aliphatic heterocycles. The van der Waals surface area contributed by atoms with Crippen LogP contribution in [0, 0.1) is 0 Å². The lowest BCUT2D eigenvalue weighted by Gasteiger charge is -2.47. The van der Waals surface area contributed by atoms with Crippen molar-refractivity contribution in [2.75, 3.05) is 54.9 Å². The Kier molecular flexibility index (Phi) is 13.7. The third kappa shape index (κ3) is 9.82. The van der Waals surface area contributed by atoms with Crippen LogP contribution in [0.5, 0.6) is 0 Å². The Bertz CT molecular complexity index is 378. The summed E-state index contributed by atoms with van der Waals surface area (Å²) in [7, 11) is 10.6. The van der Waals surface area contributed by atoms with Gasteiger partial charge >= 0.3 is 0 Å². The molecular formula is C17H33Cl2N3O. The number of hydrogen-bond acceptors (Lipinski definition) is 1. The standard InChI is InChI=1S/C9H17N2O.C8H16N.2ClH/c1-5-9(12)10-7-6-8(10)11(2,3)4;1-5-7-9(3,4)8-6-2;;/h5,8H,1,6-7H2,2-4H3;5-6H,1-2,7-8H2,3-4H3;2*1H/q2*+1;;/p-2. The van der Waals surface area contributed by atoms with Gasteiger partial charge in [-0.05, 0) is 18.2 Å². The maximum atomic E-state index is 11.2. The van der Waals surface area contributed by atoms with Gasteiger partial charge in [-0.1, -0.05) is 19.7 Å². The van der Waals surface area contributed by atoms with Gasteiger partial charge in [0.25, 0.3) is 0 Å². The Balaban J connectivity index is -0.000000332. The van der Waals surface area contributed by atoms with Crippen LogP contribution in [0.3, 0.4) is 0 Å². The van der Waals surface area contributed by atoms with Crippen LogP contribution in [0.2, 0.25) is 0 Å². The molecule has 1 rings (SSSR count). The molecule has 1 aliphatic rings. The summed E-state index contributed by atoms with van der Waals surface area (Å²) in [6, 6.07) is 0. The number of hydrogen-bond donors (Lipinski definition) is 0. The lowest BCUT2D eigenvalue weighted by Crippen LogP contribution is -3.00. The van der Waals surface area contributed by atoms with Gasteiger partial charge in [0.05, 0.1) is 48.3 Å². The molecule has 136 valence electrons. The second-order valence-corrected chi connectivity index (χ2v) is 7.00. The molecule has 4 nitrogen and oxygen atoms in total. The van der Waals surface area contributed by atoms with E-state index in [0.29, 0.717) is 6.17 Å². The highest BCUT2D eigenvalue weighted by atomic mass is 35.5. The number of likely N-dealkylation sites (N-methyl/N-ethyl adjacent to an activating group) is 1. The van der Waals surface area contributed by atoms with Crippen molar-refractivity contribution >= 4 is 5.91 Å². The molecular weight excluding hydrogens is 333 g/mol. The van der Waals surface area contributed by atoms with Crippen LogP contribution in [0.15, 0.2) is 38.0 Å². The molecule has 0 radical (unpaired) electrons. The predicted octanol–water partition coefficient (Wildman–Crippen LogP) is -4.12. The van der Waals surface area contributed by atoms with Gasteiger partial charge in [0, 0.05) is 13.0 Å². The largest absolute Gasteiger partial charge is 1.00 e. The molecule has 1 amide bonds. The number of quaternary nitrogens is 2. The van der Waals surface area contributed by atoms with E-state index in [-0.39, 0.29) is 30.7 Å². The average Bonchev–Trinajstić information content (AvgIpc) is 2.25. The lowest BCUT2D eigenvalue weighted by molar-refractivity contribution is -0.913. The number of likely N-dealkylation sites (tertiary alicyclic amines) is 1. The molecule has 1 atom stereocenters. The summed E-state index contributed by atoms with van der Waals surface area (Å²) in [6.07, 6.45) is 6.70. The minimum atomic E-state index is 0. The number of amides is 1. The van der Waals surface area contributed by atoms with E-state index in [2.05, 4.69) is 55.0 Å². The van der Waals surface area contributed by atoms with Crippen molar-refractivity contribution < 1.29 is 38.6 Å². The van der Waals surface area contributed by atoms with E-state index in [1.807, 2.05) is 17.1 Å². The summed E-state index contributed by atoms with van der Waals surface area (Å²) in [5.74, 6) is 0.0549. The maximum absolute atomic E-state index is 11.2. The highest BCUT2D eigenvalue weighted by molar-refractivity contribution is 5.87. The van der Waals surface area contributed by atoms with Gasteiger partial charge in [-0.15, -0.1) is 0 Å². The molecule has 6 heteroatoms. The summed E-state index contributed by atoms with van der Waals surface area (Å²) in [4.78, 5) is 13.1. The quantitative estimate of drug-likeness (QED) is 0.266. The fraction of sp³-hybridized carbons (Fsp3) is 0.588. The molecule has 0 aromatic heterocycles. The molecule has 1 heterocycles. The third-order valence-corrected chi connectivity index (χ3v) is 3.59. The highest BCUT2D eigenvalue weighted by Crippen LogP contribution is 2.23. The Labute approximate surface area is 155 Å². The van der Waals surface area contributed by atoms with Crippen LogP contribution in [0.1, 0.15) is 6.42 Å². The predicted molar refractivity (Wildman–Crippen MR) is 90.6 cm³/mol. The van der Waals surface area contributed by atoms with Crippen molar-refractivity contribution in [1.82, 2.24) is 4.90 Å². The van der Waals surface area contributed by atoms with Crippen LogP contribution < -0.4 is 24.8 Å². The Hall–Kier alpha value is -0.810. The first-order chi connectivity index (χ1) is 9.59. The minimum absolute atomic E-state index is 0. The van der Waals surface area contributed by atoms with E-state index >= 15 is 0 Å². The highest BCUT2D eigenvalue weighted by Gasteiger charge is 2.40.